The fourth-order valence-electron chi connectivity index (χ4n) is 1.87. The highest BCUT2D eigenvalue weighted by molar-refractivity contribution is 5.81. The van der Waals surface area contributed by atoms with Crippen LogP contribution >= 0.6 is 0 Å². The van der Waals surface area contributed by atoms with E-state index in [1.165, 1.54) is 0 Å². The van der Waals surface area contributed by atoms with Crippen LogP contribution in [0, 0.1) is 0 Å². The van der Waals surface area contributed by atoms with Gasteiger partial charge >= 0.3 is 0 Å². The van der Waals surface area contributed by atoms with Crippen LogP contribution in [0.2, 0.25) is 0 Å². The fraction of sp³-hybridized carbons (Fsp3) is 0.417. The van der Waals surface area contributed by atoms with E-state index in [0.717, 1.165) is 29.8 Å². The maximum atomic E-state index is 10.9. The number of ether oxygens (including phenoxy) is 2. The first kappa shape index (κ1) is 10.0. The quantitative estimate of drug-likeness (QED) is 0.711. The van der Waals surface area contributed by atoms with Gasteiger partial charge in [0.15, 0.2) is 6.29 Å². The molecule has 1 aromatic rings. The van der Waals surface area contributed by atoms with Gasteiger partial charge in [-0.3, -0.25) is 4.79 Å². The Hall–Kier alpha value is -1.51. The lowest BCUT2D eigenvalue weighted by Gasteiger charge is -2.08. The third-order valence-corrected chi connectivity index (χ3v) is 2.43. The van der Waals surface area contributed by atoms with Crippen LogP contribution in [-0.2, 0) is 6.42 Å². The minimum atomic E-state index is 0.149. The Labute approximate surface area is 89.0 Å². The summed E-state index contributed by atoms with van der Waals surface area (Å²) in [6, 6.07) is 3.68. The van der Waals surface area contributed by atoms with E-state index in [1.807, 2.05) is 19.9 Å². The van der Waals surface area contributed by atoms with Crippen LogP contribution in [0.3, 0.4) is 0 Å². The predicted molar refractivity (Wildman–Crippen MR) is 56.8 cm³/mol. The Morgan fingerprint density at radius 1 is 1.60 bits per heavy atom. The summed E-state index contributed by atoms with van der Waals surface area (Å²) in [6.45, 7) is 4.52. The van der Waals surface area contributed by atoms with Crippen LogP contribution < -0.4 is 9.47 Å². The van der Waals surface area contributed by atoms with Crippen molar-refractivity contribution in [1.29, 1.82) is 0 Å². The van der Waals surface area contributed by atoms with E-state index < -0.39 is 0 Å². The number of fused-ring (bicyclic) bond motifs is 1. The third kappa shape index (κ3) is 1.82. The Balaban J connectivity index is 2.42. The SMILES string of the molecule is CCOc1cc(C=O)c2c(c1)C[C@@H](C)O2. The Morgan fingerprint density at radius 2 is 2.40 bits per heavy atom. The lowest BCUT2D eigenvalue weighted by atomic mass is 10.1. The summed E-state index contributed by atoms with van der Waals surface area (Å²) in [5.41, 5.74) is 1.65. The molecule has 0 fully saturated rings. The molecular formula is C12H14O3. The number of benzene rings is 1. The van der Waals surface area contributed by atoms with Gasteiger partial charge < -0.3 is 9.47 Å². The molecule has 1 aliphatic heterocycles. The van der Waals surface area contributed by atoms with Crippen molar-refractivity contribution in [3.05, 3.63) is 23.3 Å². The lowest BCUT2D eigenvalue weighted by molar-refractivity contribution is 0.111. The molecule has 2 rings (SSSR count). The van der Waals surface area contributed by atoms with Gasteiger partial charge in [0.25, 0.3) is 0 Å². The van der Waals surface area contributed by atoms with E-state index in [0.29, 0.717) is 12.2 Å². The van der Waals surface area contributed by atoms with E-state index in [9.17, 15) is 4.79 Å². The largest absolute Gasteiger partial charge is 0.494 e. The summed E-state index contributed by atoms with van der Waals surface area (Å²) in [4.78, 5) is 10.9. The molecule has 1 aliphatic rings. The van der Waals surface area contributed by atoms with E-state index in [2.05, 4.69) is 0 Å². The summed E-state index contributed by atoms with van der Waals surface area (Å²) in [5.74, 6) is 1.47. The lowest BCUT2D eigenvalue weighted by Crippen LogP contribution is -2.05. The summed E-state index contributed by atoms with van der Waals surface area (Å²) in [6.07, 6.45) is 1.81. The van der Waals surface area contributed by atoms with Crippen LogP contribution in [0.1, 0.15) is 29.8 Å². The normalized spacial score (nSPS) is 18.1. The first-order valence-corrected chi connectivity index (χ1v) is 5.16. The summed E-state index contributed by atoms with van der Waals surface area (Å²) >= 11 is 0. The molecule has 0 amide bonds. The highest BCUT2D eigenvalue weighted by Crippen LogP contribution is 2.35. The van der Waals surface area contributed by atoms with Crippen molar-refractivity contribution >= 4 is 6.29 Å². The number of hydrogen-bond acceptors (Lipinski definition) is 3. The van der Waals surface area contributed by atoms with E-state index in [4.69, 9.17) is 9.47 Å². The molecular weight excluding hydrogens is 192 g/mol. The Morgan fingerprint density at radius 3 is 3.07 bits per heavy atom. The summed E-state index contributed by atoms with van der Waals surface area (Å²) in [5, 5.41) is 0. The molecule has 3 heteroatoms. The van der Waals surface area contributed by atoms with Crippen LogP contribution in [0.4, 0.5) is 0 Å². The van der Waals surface area contributed by atoms with Gasteiger partial charge in [-0.2, -0.15) is 0 Å². The molecule has 0 spiro atoms. The van der Waals surface area contributed by atoms with Crippen molar-refractivity contribution < 1.29 is 14.3 Å². The highest BCUT2D eigenvalue weighted by atomic mass is 16.5. The molecule has 0 saturated carbocycles. The number of hydrogen-bond donors (Lipinski definition) is 0. The van der Waals surface area contributed by atoms with Crippen molar-refractivity contribution in [2.24, 2.45) is 0 Å². The number of carbonyl (C=O) groups excluding carboxylic acids is 1. The Bertz CT molecular complexity index is 385. The van der Waals surface area contributed by atoms with Crippen molar-refractivity contribution in [3.63, 3.8) is 0 Å². The molecule has 0 saturated heterocycles. The number of carbonyl (C=O) groups is 1. The molecule has 0 bridgehead atoms. The van der Waals surface area contributed by atoms with Gasteiger partial charge in [-0.1, -0.05) is 0 Å². The Kier molecular flexibility index (Phi) is 2.62. The van der Waals surface area contributed by atoms with E-state index in [1.54, 1.807) is 6.07 Å². The maximum Gasteiger partial charge on any atom is 0.153 e. The van der Waals surface area contributed by atoms with Crippen molar-refractivity contribution in [2.45, 2.75) is 26.4 Å². The third-order valence-electron chi connectivity index (χ3n) is 2.43. The molecule has 1 aromatic carbocycles. The second kappa shape index (κ2) is 3.93. The predicted octanol–water partition coefficient (Wildman–Crippen LogP) is 2.22. The molecule has 80 valence electrons. The van der Waals surface area contributed by atoms with Gasteiger partial charge in [0.1, 0.15) is 17.6 Å². The molecule has 1 heterocycles. The van der Waals surface area contributed by atoms with Crippen LogP contribution in [0.5, 0.6) is 11.5 Å². The molecule has 0 aliphatic carbocycles. The number of rotatable bonds is 3. The zero-order chi connectivity index (χ0) is 10.8. The van der Waals surface area contributed by atoms with Gasteiger partial charge in [-0.15, -0.1) is 0 Å². The molecule has 0 N–H and O–H groups in total. The second-order valence-corrected chi connectivity index (χ2v) is 3.68. The van der Waals surface area contributed by atoms with Gasteiger partial charge in [0, 0.05) is 12.0 Å². The van der Waals surface area contributed by atoms with Crippen molar-refractivity contribution in [3.8, 4) is 11.5 Å². The van der Waals surface area contributed by atoms with E-state index >= 15 is 0 Å². The maximum absolute atomic E-state index is 10.9. The van der Waals surface area contributed by atoms with Crippen LogP contribution in [-0.4, -0.2) is 19.0 Å². The summed E-state index contributed by atoms with van der Waals surface area (Å²) in [7, 11) is 0. The topological polar surface area (TPSA) is 35.5 Å². The van der Waals surface area contributed by atoms with Gasteiger partial charge in [-0.25, -0.2) is 0 Å². The first-order valence-electron chi connectivity index (χ1n) is 5.16. The first-order chi connectivity index (χ1) is 7.24. The minimum Gasteiger partial charge on any atom is -0.494 e. The molecule has 0 radical (unpaired) electrons. The molecule has 0 unspecified atom stereocenters. The standard InChI is InChI=1S/C12H14O3/c1-3-14-11-5-9-4-8(2)15-12(9)10(6-11)7-13/h5-8H,3-4H2,1-2H3/t8-/m1/s1. The molecule has 0 aromatic heterocycles. The van der Waals surface area contributed by atoms with Gasteiger partial charge in [0.2, 0.25) is 0 Å². The minimum absolute atomic E-state index is 0.149. The summed E-state index contributed by atoms with van der Waals surface area (Å²) < 4.78 is 11.0. The van der Waals surface area contributed by atoms with Gasteiger partial charge in [0.05, 0.1) is 12.2 Å². The van der Waals surface area contributed by atoms with Crippen LogP contribution in [0.25, 0.3) is 0 Å². The molecule has 15 heavy (non-hydrogen) atoms. The number of aldehydes is 1. The second-order valence-electron chi connectivity index (χ2n) is 3.68. The zero-order valence-corrected chi connectivity index (χ0v) is 8.95. The fourth-order valence-corrected chi connectivity index (χ4v) is 1.87. The van der Waals surface area contributed by atoms with E-state index in [-0.39, 0.29) is 6.10 Å². The average molecular weight is 206 g/mol. The highest BCUT2D eigenvalue weighted by Gasteiger charge is 2.23. The monoisotopic (exact) mass is 206 g/mol. The smallest absolute Gasteiger partial charge is 0.153 e. The average Bonchev–Trinajstić information content (AvgIpc) is 2.57. The van der Waals surface area contributed by atoms with Gasteiger partial charge in [-0.05, 0) is 26.0 Å². The molecule has 1 atom stereocenters. The molecule has 3 nitrogen and oxygen atoms in total. The van der Waals surface area contributed by atoms with Crippen molar-refractivity contribution in [1.82, 2.24) is 0 Å². The zero-order valence-electron chi connectivity index (χ0n) is 8.95. The van der Waals surface area contributed by atoms with Crippen molar-refractivity contribution in [2.75, 3.05) is 6.61 Å². The van der Waals surface area contributed by atoms with Crippen LogP contribution in [0.15, 0.2) is 12.1 Å².